The van der Waals surface area contributed by atoms with E-state index >= 15 is 0 Å². The minimum Gasteiger partial charge on any atom is -0.372 e. The molecule has 1 aromatic heterocycles. The highest BCUT2D eigenvalue weighted by Crippen LogP contribution is 2.22. The van der Waals surface area contributed by atoms with E-state index in [1.807, 2.05) is 54.6 Å². The third-order valence-corrected chi connectivity index (χ3v) is 5.17. The van der Waals surface area contributed by atoms with Gasteiger partial charge in [0.2, 0.25) is 5.91 Å². The van der Waals surface area contributed by atoms with Gasteiger partial charge in [0.25, 0.3) is 5.56 Å². The Hall–Kier alpha value is -3.45. The molecule has 0 bridgehead atoms. The Morgan fingerprint density at radius 1 is 1.00 bits per heavy atom. The summed E-state index contributed by atoms with van der Waals surface area (Å²) in [6, 6.07) is 20.4. The van der Waals surface area contributed by atoms with Gasteiger partial charge in [-0.2, -0.15) is 5.10 Å². The molecule has 0 radical (unpaired) electrons. The SMILES string of the molecule is CC1CN(c2ccc(NC(=O)Cn3nc(-c4ccccc4)ccc3=O)cc2)CC(C)O1. The summed E-state index contributed by atoms with van der Waals surface area (Å²) in [6.45, 7) is 5.66. The first kappa shape index (κ1) is 20.8. The molecular formula is C24H26N4O3. The van der Waals surface area contributed by atoms with Crippen molar-refractivity contribution in [2.75, 3.05) is 23.3 Å². The lowest BCUT2D eigenvalue weighted by atomic mass is 10.1. The van der Waals surface area contributed by atoms with Crippen LogP contribution in [0.3, 0.4) is 0 Å². The molecule has 1 amide bonds. The topological polar surface area (TPSA) is 76.5 Å². The summed E-state index contributed by atoms with van der Waals surface area (Å²) in [4.78, 5) is 27.0. The molecule has 3 aromatic rings. The van der Waals surface area contributed by atoms with Crippen LogP contribution in [-0.4, -0.2) is 41.0 Å². The van der Waals surface area contributed by atoms with Crippen molar-refractivity contribution in [2.45, 2.75) is 32.6 Å². The molecule has 1 N–H and O–H groups in total. The number of morpholine rings is 1. The smallest absolute Gasteiger partial charge is 0.267 e. The van der Waals surface area contributed by atoms with E-state index in [4.69, 9.17) is 4.74 Å². The predicted molar refractivity (Wildman–Crippen MR) is 121 cm³/mol. The van der Waals surface area contributed by atoms with Crippen molar-refractivity contribution < 1.29 is 9.53 Å². The van der Waals surface area contributed by atoms with Gasteiger partial charge in [0.05, 0.1) is 17.9 Å². The number of rotatable bonds is 5. The first-order valence-electron chi connectivity index (χ1n) is 10.4. The van der Waals surface area contributed by atoms with Gasteiger partial charge in [-0.1, -0.05) is 30.3 Å². The van der Waals surface area contributed by atoms with Gasteiger partial charge in [-0.3, -0.25) is 9.59 Å². The van der Waals surface area contributed by atoms with Crippen LogP contribution >= 0.6 is 0 Å². The van der Waals surface area contributed by atoms with Crippen LogP contribution in [0.1, 0.15) is 13.8 Å². The lowest BCUT2D eigenvalue weighted by molar-refractivity contribution is -0.117. The average molecular weight is 418 g/mol. The second kappa shape index (κ2) is 9.14. The highest BCUT2D eigenvalue weighted by molar-refractivity contribution is 5.90. The number of aromatic nitrogens is 2. The zero-order valence-electron chi connectivity index (χ0n) is 17.7. The van der Waals surface area contributed by atoms with Gasteiger partial charge in [-0.05, 0) is 44.2 Å². The summed E-state index contributed by atoms with van der Waals surface area (Å²) < 4.78 is 6.97. The summed E-state index contributed by atoms with van der Waals surface area (Å²) in [6.07, 6.45) is 0.362. The van der Waals surface area contributed by atoms with Crippen molar-refractivity contribution >= 4 is 17.3 Å². The van der Waals surface area contributed by atoms with E-state index in [1.54, 1.807) is 6.07 Å². The Bertz CT molecular complexity index is 1090. The van der Waals surface area contributed by atoms with Gasteiger partial charge < -0.3 is 15.0 Å². The summed E-state index contributed by atoms with van der Waals surface area (Å²) in [5.74, 6) is -0.304. The number of ether oxygens (including phenoxy) is 1. The van der Waals surface area contributed by atoms with Gasteiger partial charge in [-0.25, -0.2) is 4.68 Å². The molecule has 7 heteroatoms. The van der Waals surface area contributed by atoms with Gasteiger partial charge in [-0.15, -0.1) is 0 Å². The van der Waals surface area contributed by atoms with Crippen LogP contribution in [0.15, 0.2) is 71.5 Å². The molecule has 1 aliphatic heterocycles. The Labute approximate surface area is 181 Å². The molecule has 0 aliphatic carbocycles. The number of carbonyl (C=O) groups excluding carboxylic acids is 1. The summed E-state index contributed by atoms with van der Waals surface area (Å²) >= 11 is 0. The van der Waals surface area contributed by atoms with Crippen molar-refractivity contribution in [1.82, 2.24) is 9.78 Å². The molecule has 31 heavy (non-hydrogen) atoms. The number of anilines is 2. The van der Waals surface area contributed by atoms with Gasteiger partial charge in [0.15, 0.2) is 0 Å². The quantitative estimate of drug-likeness (QED) is 0.689. The normalized spacial score (nSPS) is 18.6. The van der Waals surface area contributed by atoms with Crippen LogP contribution in [0.25, 0.3) is 11.3 Å². The zero-order valence-corrected chi connectivity index (χ0v) is 17.7. The fourth-order valence-electron chi connectivity index (χ4n) is 3.81. The van der Waals surface area contributed by atoms with E-state index in [9.17, 15) is 9.59 Å². The van der Waals surface area contributed by atoms with E-state index in [-0.39, 0.29) is 30.2 Å². The largest absolute Gasteiger partial charge is 0.372 e. The van der Waals surface area contributed by atoms with Crippen LogP contribution in [0.2, 0.25) is 0 Å². The van der Waals surface area contributed by atoms with Gasteiger partial charge in [0.1, 0.15) is 6.54 Å². The maximum atomic E-state index is 12.5. The molecule has 2 aromatic carbocycles. The number of carbonyl (C=O) groups is 1. The van der Waals surface area contributed by atoms with Crippen LogP contribution in [0.4, 0.5) is 11.4 Å². The molecular weight excluding hydrogens is 392 g/mol. The molecule has 4 rings (SSSR count). The third kappa shape index (κ3) is 5.19. The minimum atomic E-state index is -0.319. The van der Waals surface area contributed by atoms with Crippen molar-refractivity contribution in [3.05, 3.63) is 77.1 Å². The highest BCUT2D eigenvalue weighted by Gasteiger charge is 2.22. The maximum absolute atomic E-state index is 12.5. The second-order valence-corrected chi connectivity index (χ2v) is 7.84. The van der Waals surface area contributed by atoms with Crippen LogP contribution in [0.5, 0.6) is 0 Å². The first-order valence-corrected chi connectivity index (χ1v) is 10.4. The molecule has 0 spiro atoms. The number of nitrogens with one attached hydrogen (secondary N) is 1. The molecule has 7 nitrogen and oxygen atoms in total. The minimum absolute atomic E-state index is 0.153. The second-order valence-electron chi connectivity index (χ2n) is 7.84. The van der Waals surface area contributed by atoms with E-state index < -0.39 is 0 Å². The Morgan fingerprint density at radius 3 is 2.35 bits per heavy atom. The lowest BCUT2D eigenvalue weighted by Crippen LogP contribution is -2.45. The van der Waals surface area contributed by atoms with Gasteiger partial charge >= 0.3 is 0 Å². The monoisotopic (exact) mass is 418 g/mol. The fourth-order valence-corrected chi connectivity index (χ4v) is 3.81. The molecule has 2 heterocycles. The fraction of sp³-hybridized carbons (Fsp3) is 0.292. The molecule has 2 atom stereocenters. The molecule has 1 saturated heterocycles. The Morgan fingerprint density at radius 2 is 1.68 bits per heavy atom. The van der Waals surface area contributed by atoms with Crippen molar-refractivity contribution in [1.29, 1.82) is 0 Å². The van der Waals surface area contributed by atoms with Crippen LogP contribution < -0.4 is 15.8 Å². The third-order valence-electron chi connectivity index (χ3n) is 5.17. The number of hydrogen-bond donors (Lipinski definition) is 1. The molecule has 2 unspecified atom stereocenters. The highest BCUT2D eigenvalue weighted by atomic mass is 16.5. The predicted octanol–water partition coefficient (Wildman–Crippen LogP) is 3.16. The molecule has 1 aliphatic rings. The van der Waals surface area contributed by atoms with Crippen molar-refractivity contribution in [3.8, 4) is 11.3 Å². The Kier molecular flexibility index (Phi) is 6.13. The van der Waals surface area contributed by atoms with Crippen molar-refractivity contribution in [3.63, 3.8) is 0 Å². The standard InChI is InChI=1S/C24H26N4O3/c1-17-14-27(15-18(2)31-17)21-10-8-20(9-11-21)25-23(29)16-28-24(30)13-12-22(26-28)19-6-4-3-5-7-19/h3-13,17-18H,14-16H2,1-2H3,(H,25,29). The number of nitrogens with zero attached hydrogens (tertiary/aromatic N) is 3. The first-order chi connectivity index (χ1) is 15.0. The summed E-state index contributed by atoms with van der Waals surface area (Å²) in [5, 5.41) is 7.18. The van der Waals surface area contributed by atoms with Crippen LogP contribution in [0, 0.1) is 0 Å². The van der Waals surface area contributed by atoms with Gasteiger partial charge in [0, 0.05) is 36.1 Å². The van der Waals surface area contributed by atoms with Crippen molar-refractivity contribution in [2.24, 2.45) is 0 Å². The molecule has 160 valence electrons. The lowest BCUT2D eigenvalue weighted by Gasteiger charge is -2.36. The summed E-state index contributed by atoms with van der Waals surface area (Å²) in [5.41, 5.74) is 2.98. The number of hydrogen-bond acceptors (Lipinski definition) is 5. The summed E-state index contributed by atoms with van der Waals surface area (Å²) in [7, 11) is 0. The molecule has 1 fully saturated rings. The maximum Gasteiger partial charge on any atom is 0.267 e. The molecule has 0 saturated carbocycles. The van der Waals surface area contributed by atoms with E-state index in [1.165, 1.54) is 10.7 Å². The van der Waals surface area contributed by atoms with E-state index in [0.717, 1.165) is 24.3 Å². The van der Waals surface area contributed by atoms with E-state index in [0.29, 0.717) is 11.4 Å². The Balaban J connectivity index is 1.42. The van der Waals surface area contributed by atoms with E-state index in [2.05, 4.69) is 29.2 Å². The number of benzene rings is 2. The zero-order chi connectivity index (χ0) is 21.8. The number of amides is 1. The van der Waals surface area contributed by atoms with Crippen LogP contribution in [-0.2, 0) is 16.1 Å². The average Bonchev–Trinajstić information content (AvgIpc) is 2.76.